The van der Waals surface area contributed by atoms with Crippen molar-refractivity contribution in [2.24, 2.45) is 0 Å². The van der Waals surface area contributed by atoms with Crippen LogP contribution in [-0.2, 0) is 16.1 Å². The molecule has 7 heteroatoms. The number of hydrogen-bond donors (Lipinski definition) is 0. The maximum Gasteiger partial charge on any atom is 0.344 e. The van der Waals surface area contributed by atoms with Gasteiger partial charge in [0.15, 0.2) is 12.4 Å². The molecular weight excluding hydrogens is 384 g/mol. The van der Waals surface area contributed by atoms with Gasteiger partial charge in [0, 0.05) is 27.6 Å². The lowest BCUT2D eigenvalue weighted by Crippen LogP contribution is -2.15. The monoisotopic (exact) mass is 400 g/mol. The predicted octanol–water partition coefficient (Wildman–Crippen LogP) is 4.08. The van der Waals surface area contributed by atoms with E-state index < -0.39 is 11.6 Å². The number of esters is 1. The summed E-state index contributed by atoms with van der Waals surface area (Å²) in [5, 5.41) is 1.11. The largest absolute Gasteiger partial charge is 0.482 e. The molecule has 0 saturated carbocycles. The maximum absolute atomic E-state index is 12.0. The van der Waals surface area contributed by atoms with Crippen LogP contribution >= 0.6 is 11.6 Å². The molecule has 144 valence electrons. The van der Waals surface area contributed by atoms with Gasteiger partial charge in [-0.05, 0) is 43.7 Å². The van der Waals surface area contributed by atoms with Crippen molar-refractivity contribution in [2.45, 2.75) is 20.5 Å². The summed E-state index contributed by atoms with van der Waals surface area (Å²) in [4.78, 5) is 35.1. The van der Waals surface area contributed by atoms with Gasteiger partial charge in [-0.25, -0.2) is 9.59 Å². The summed E-state index contributed by atoms with van der Waals surface area (Å²) in [5.41, 5.74) is 1.57. The van der Waals surface area contributed by atoms with Crippen LogP contribution in [0.15, 0.2) is 51.7 Å². The number of hydrogen-bond acceptors (Lipinski definition) is 6. The SMILES string of the molecule is CC(=O)c1cccc(OCC(=O)OCc2cc(=O)oc3cc(C)c(Cl)cc23)c1. The minimum atomic E-state index is -0.618. The number of ether oxygens (including phenoxy) is 2. The first-order valence-electron chi connectivity index (χ1n) is 8.46. The molecule has 0 saturated heterocycles. The van der Waals surface area contributed by atoms with Gasteiger partial charge >= 0.3 is 11.6 Å². The average molecular weight is 401 g/mol. The van der Waals surface area contributed by atoms with Gasteiger partial charge in [0.25, 0.3) is 0 Å². The minimum Gasteiger partial charge on any atom is -0.482 e. The fraction of sp³-hybridized carbons (Fsp3) is 0.190. The van der Waals surface area contributed by atoms with E-state index in [0.29, 0.717) is 32.9 Å². The van der Waals surface area contributed by atoms with Crippen molar-refractivity contribution in [2.75, 3.05) is 6.61 Å². The van der Waals surface area contributed by atoms with Crippen LogP contribution in [0.2, 0.25) is 5.02 Å². The summed E-state index contributed by atoms with van der Waals surface area (Å²) in [5.74, 6) is -0.331. The Balaban J connectivity index is 1.68. The lowest BCUT2D eigenvalue weighted by Gasteiger charge is -2.10. The Morgan fingerprint density at radius 3 is 2.68 bits per heavy atom. The number of carbonyl (C=O) groups excluding carboxylic acids is 2. The highest BCUT2D eigenvalue weighted by molar-refractivity contribution is 6.32. The van der Waals surface area contributed by atoms with E-state index in [1.165, 1.54) is 13.0 Å². The first-order valence-corrected chi connectivity index (χ1v) is 8.83. The molecule has 3 rings (SSSR count). The Hall–Kier alpha value is -3.12. The maximum atomic E-state index is 12.0. The zero-order valence-corrected chi connectivity index (χ0v) is 16.0. The Morgan fingerprint density at radius 2 is 1.93 bits per heavy atom. The van der Waals surface area contributed by atoms with Crippen molar-refractivity contribution in [3.8, 4) is 5.75 Å². The van der Waals surface area contributed by atoms with Crippen LogP contribution in [-0.4, -0.2) is 18.4 Å². The first kappa shape index (κ1) is 19.6. The van der Waals surface area contributed by atoms with Crippen LogP contribution in [0.4, 0.5) is 0 Å². The smallest absolute Gasteiger partial charge is 0.344 e. The molecule has 0 radical (unpaired) electrons. The third-order valence-corrected chi connectivity index (χ3v) is 4.50. The fourth-order valence-corrected chi connectivity index (χ4v) is 2.78. The highest BCUT2D eigenvalue weighted by Gasteiger charge is 2.12. The second kappa shape index (κ2) is 8.27. The molecule has 1 aromatic heterocycles. The van der Waals surface area contributed by atoms with Gasteiger partial charge in [-0.1, -0.05) is 23.7 Å². The molecule has 0 fully saturated rings. The number of fused-ring (bicyclic) bond motifs is 1. The quantitative estimate of drug-likeness (QED) is 0.352. The normalized spacial score (nSPS) is 10.7. The van der Waals surface area contributed by atoms with Crippen molar-refractivity contribution in [3.63, 3.8) is 0 Å². The molecule has 0 aliphatic heterocycles. The molecule has 6 nitrogen and oxygen atoms in total. The summed E-state index contributed by atoms with van der Waals surface area (Å²) in [7, 11) is 0. The lowest BCUT2D eigenvalue weighted by molar-refractivity contribution is -0.147. The molecule has 0 N–H and O–H groups in total. The van der Waals surface area contributed by atoms with Crippen molar-refractivity contribution >= 4 is 34.3 Å². The van der Waals surface area contributed by atoms with Crippen LogP contribution < -0.4 is 10.4 Å². The number of Topliss-reactive ketones (excluding diaryl/α,β-unsaturated/α-hetero) is 1. The van der Waals surface area contributed by atoms with E-state index in [0.717, 1.165) is 5.56 Å². The lowest BCUT2D eigenvalue weighted by atomic mass is 10.1. The van der Waals surface area contributed by atoms with Crippen LogP contribution in [0.1, 0.15) is 28.4 Å². The van der Waals surface area contributed by atoms with Gasteiger partial charge in [-0.2, -0.15) is 0 Å². The van der Waals surface area contributed by atoms with Crippen molar-refractivity contribution in [1.29, 1.82) is 0 Å². The summed E-state index contributed by atoms with van der Waals surface area (Å²) in [6.07, 6.45) is 0. The van der Waals surface area contributed by atoms with E-state index in [1.54, 1.807) is 43.3 Å². The van der Waals surface area contributed by atoms with Gasteiger partial charge < -0.3 is 13.9 Å². The van der Waals surface area contributed by atoms with Crippen LogP contribution in [0, 0.1) is 6.92 Å². The molecule has 2 aromatic carbocycles. The molecule has 0 unspecified atom stereocenters. The van der Waals surface area contributed by atoms with E-state index in [9.17, 15) is 14.4 Å². The number of halogens is 1. The second-order valence-electron chi connectivity index (χ2n) is 6.22. The molecule has 3 aromatic rings. The molecule has 0 bridgehead atoms. The second-order valence-corrected chi connectivity index (χ2v) is 6.63. The van der Waals surface area contributed by atoms with Gasteiger partial charge in [0.2, 0.25) is 0 Å². The fourth-order valence-electron chi connectivity index (χ4n) is 2.61. The summed E-state index contributed by atoms with van der Waals surface area (Å²) in [6, 6.07) is 11.1. The van der Waals surface area contributed by atoms with E-state index in [1.807, 2.05) is 0 Å². The van der Waals surface area contributed by atoms with Crippen LogP contribution in [0.25, 0.3) is 11.0 Å². The van der Waals surface area contributed by atoms with Crippen molar-refractivity contribution in [3.05, 3.63) is 74.6 Å². The highest BCUT2D eigenvalue weighted by atomic mass is 35.5. The van der Waals surface area contributed by atoms with Gasteiger partial charge in [0.05, 0.1) is 0 Å². The van der Waals surface area contributed by atoms with E-state index in [4.69, 9.17) is 25.5 Å². The molecule has 28 heavy (non-hydrogen) atoms. The molecule has 1 heterocycles. The van der Waals surface area contributed by atoms with E-state index in [2.05, 4.69) is 0 Å². The summed E-state index contributed by atoms with van der Waals surface area (Å²) < 4.78 is 15.7. The van der Waals surface area contributed by atoms with Gasteiger partial charge in [-0.3, -0.25) is 4.79 Å². The Kier molecular flexibility index (Phi) is 5.80. The number of ketones is 1. The zero-order valence-electron chi connectivity index (χ0n) is 15.3. The van der Waals surface area contributed by atoms with Crippen molar-refractivity contribution in [1.82, 2.24) is 0 Å². The molecule has 0 aliphatic rings. The number of rotatable bonds is 6. The Labute approximate surface area is 165 Å². The Bertz CT molecular complexity index is 1120. The number of benzene rings is 2. The molecular formula is C21H17ClO6. The van der Waals surface area contributed by atoms with Crippen molar-refractivity contribution < 1.29 is 23.5 Å². The highest BCUT2D eigenvalue weighted by Crippen LogP contribution is 2.25. The Morgan fingerprint density at radius 1 is 1.14 bits per heavy atom. The van der Waals surface area contributed by atoms with Crippen LogP contribution in [0.3, 0.4) is 0 Å². The topological polar surface area (TPSA) is 82.8 Å². The molecule has 0 aliphatic carbocycles. The molecule has 0 spiro atoms. The average Bonchev–Trinajstić information content (AvgIpc) is 2.66. The predicted molar refractivity (Wildman–Crippen MR) is 104 cm³/mol. The van der Waals surface area contributed by atoms with Gasteiger partial charge in [-0.15, -0.1) is 0 Å². The number of aryl methyl sites for hydroxylation is 1. The summed E-state index contributed by atoms with van der Waals surface area (Å²) in [6.45, 7) is 2.78. The molecule has 0 amide bonds. The van der Waals surface area contributed by atoms with Crippen LogP contribution in [0.5, 0.6) is 5.75 Å². The first-order chi connectivity index (χ1) is 13.3. The zero-order chi connectivity index (χ0) is 20.3. The van der Waals surface area contributed by atoms with Gasteiger partial charge in [0.1, 0.15) is 17.9 Å². The minimum absolute atomic E-state index is 0.100. The number of carbonyl (C=O) groups is 2. The summed E-state index contributed by atoms with van der Waals surface area (Å²) >= 11 is 6.14. The standard InChI is InChI=1S/C21H17ClO6/c1-12-6-19-17(9-18(12)22)15(8-20(24)28-19)10-27-21(25)11-26-16-5-3-4-14(7-16)13(2)23/h3-9H,10-11H2,1-2H3. The third-order valence-electron chi connectivity index (χ3n) is 4.10. The molecule has 0 atom stereocenters. The third kappa shape index (κ3) is 4.58. The van der Waals surface area contributed by atoms with E-state index in [-0.39, 0.29) is 19.0 Å². The van der Waals surface area contributed by atoms with E-state index >= 15 is 0 Å².